The molecule has 2 aromatic heterocycles. The average Bonchev–Trinajstić information content (AvgIpc) is 3.18. The Balaban J connectivity index is 1.67. The van der Waals surface area contributed by atoms with Crippen molar-refractivity contribution in [3.8, 4) is 11.3 Å². The van der Waals surface area contributed by atoms with Crippen LogP contribution in [0.5, 0.6) is 0 Å². The largest absolute Gasteiger partial charge is 0.396 e. The van der Waals surface area contributed by atoms with Crippen molar-refractivity contribution < 1.29 is 18.7 Å². The van der Waals surface area contributed by atoms with Crippen molar-refractivity contribution in [2.45, 2.75) is 50.9 Å². The second-order valence-corrected chi connectivity index (χ2v) is 10.3. The number of carbonyl (C=O) groups excluding carboxylic acids is 1. The van der Waals surface area contributed by atoms with E-state index in [1.54, 1.807) is 12.3 Å². The van der Waals surface area contributed by atoms with E-state index in [4.69, 9.17) is 10.1 Å². The van der Waals surface area contributed by atoms with Gasteiger partial charge in [0.05, 0.1) is 32.5 Å². The van der Waals surface area contributed by atoms with Crippen LogP contribution in [-0.4, -0.2) is 37.7 Å². The van der Waals surface area contributed by atoms with Gasteiger partial charge in [-0.25, -0.2) is 18.7 Å². The quantitative estimate of drug-likeness (QED) is 0.446. The van der Waals surface area contributed by atoms with Gasteiger partial charge in [0.1, 0.15) is 11.6 Å². The first-order valence-electron chi connectivity index (χ1n) is 11.2. The molecule has 3 aromatic rings. The number of aliphatic hydroxyl groups is 1. The molecule has 1 saturated carbocycles. The standard InChI is InChI=1S/C25H23BrF2N4O2/c1-24(2)14-8-9-25(24,22-15(26)12-29-23(30-22)19(34)7-4-10-33)21-13(14)11-18(31-32-21)20-16(27)5-3-6-17(20)28/h3,5-6,11-12,14,33H,4,7-10H2,1-2H3/t14-,25+/m0/s1. The molecule has 2 heterocycles. The molecule has 2 aliphatic rings. The molecule has 2 aliphatic carbocycles. The van der Waals surface area contributed by atoms with Crippen molar-refractivity contribution in [2.75, 3.05) is 6.61 Å². The molecule has 1 aromatic carbocycles. The number of halogens is 3. The van der Waals surface area contributed by atoms with Gasteiger partial charge in [-0.2, -0.15) is 5.10 Å². The van der Waals surface area contributed by atoms with Gasteiger partial charge in [0, 0.05) is 19.2 Å². The molecule has 176 valence electrons. The zero-order valence-corrected chi connectivity index (χ0v) is 20.4. The van der Waals surface area contributed by atoms with Crippen molar-refractivity contribution in [3.63, 3.8) is 0 Å². The first-order valence-corrected chi connectivity index (χ1v) is 12.0. The number of Topliss-reactive ketones (excluding diaryl/α,β-unsaturated/α-hetero) is 1. The lowest BCUT2D eigenvalue weighted by Gasteiger charge is -2.38. The van der Waals surface area contributed by atoms with Crippen LogP contribution in [0.15, 0.2) is 34.9 Å². The minimum atomic E-state index is -0.684. The maximum Gasteiger partial charge on any atom is 0.200 e. The number of rotatable bonds is 6. The lowest BCUT2D eigenvalue weighted by atomic mass is 9.66. The molecule has 0 aliphatic heterocycles. The first-order chi connectivity index (χ1) is 16.2. The topological polar surface area (TPSA) is 88.9 Å². The molecule has 6 nitrogen and oxygen atoms in total. The number of hydrogen-bond acceptors (Lipinski definition) is 6. The van der Waals surface area contributed by atoms with Crippen LogP contribution in [0, 0.1) is 17.0 Å². The molecule has 5 rings (SSSR count). The monoisotopic (exact) mass is 528 g/mol. The van der Waals surface area contributed by atoms with Gasteiger partial charge in [-0.15, -0.1) is 5.10 Å². The van der Waals surface area contributed by atoms with Gasteiger partial charge in [-0.05, 0) is 70.3 Å². The third-order valence-corrected chi connectivity index (χ3v) is 8.14. The van der Waals surface area contributed by atoms with E-state index in [2.05, 4.69) is 45.0 Å². The van der Waals surface area contributed by atoms with Crippen LogP contribution in [-0.2, 0) is 5.41 Å². The molecular formula is C25H23BrF2N4O2. The summed E-state index contributed by atoms with van der Waals surface area (Å²) in [5, 5.41) is 17.8. The summed E-state index contributed by atoms with van der Waals surface area (Å²) in [5.41, 5.74) is 1.30. The summed E-state index contributed by atoms with van der Waals surface area (Å²) in [6, 6.07) is 5.48. The fraction of sp³-hybridized carbons (Fsp3) is 0.400. The summed E-state index contributed by atoms with van der Waals surface area (Å²) in [7, 11) is 0. The summed E-state index contributed by atoms with van der Waals surface area (Å²) >= 11 is 3.59. The van der Waals surface area contributed by atoms with E-state index in [0.717, 1.165) is 24.1 Å². The molecular weight excluding hydrogens is 506 g/mol. The highest BCUT2D eigenvalue weighted by Crippen LogP contribution is 2.70. The number of fused-ring (bicyclic) bond motifs is 5. The Hall–Kier alpha value is -2.65. The summed E-state index contributed by atoms with van der Waals surface area (Å²) < 4.78 is 29.6. The van der Waals surface area contributed by atoms with Crippen molar-refractivity contribution in [3.05, 3.63) is 69.3 Å². The summed E-state index contributed by atoms with van der Waals surface area (Å²) in [6.45, 7) is 4.19. The molecule has 1 N–H and O–H groups in total. The summed E-state index contributed by atoms with van der Waals surface area (Å²) in [5.74, 6) is -1.41. The number of nitrogens with zero attached hydrogens (tertiary/aromatic N) is 4. The van der Waals surface area contributed by atoms with E-state index in [0.29, 0.717) is 16.6 Å². The molecule has 34 heavy (non-hydrogen) atoms. The van der Waals surface area contributed by atoms with Crippen LogP contribution in [0.1, 0.15) is 73.0 Å². The fourth-order valence-corrected chi connectivity index (χ4v) is 6.39. The molecule has 9 heteroatoms. The van der Waals surface area contributed by atoms with Crippen LogP contribution in [0.2, 0.25) is 0 Å². The third kappa shape index (κ3) is 3.16. The molecule has 2 atom stereocenters. The van der Waals surface area contributed by atoms with E-state index >= 15 is 0 Å². The van der Waals surface area contributed by atoms with Gasteiger partial charge >= 0.3 is 0 Å². The van der Waals surface area contributed by atoms with Crippen LogP contribution >= 0.6 is 15.9 Å². The zero-order chi connectivity index (χ0) is 24.3. The van der Waals surface area contributed by atoms with Gasteiger partial charge < -0.3 is 5.11 Å². The third-order valence-electron chi connectivity index (χ3n) is 7.56. The van der Waals surface area contributed by atoms with E-state index < -0.39 is 17.0 Å². The van der Waals surface area contributed by atoms with E-state index in [1.165, 1.54) is 18.2 Å². The van der Waals surface area contributed by atoms with Crippen molar-refractivity contribution >= 4 is 21.7 Å². The van der Waals surface area contributed by atoms with Crippen LogP contribution in [0.25, 0.3) is 11.3 Å². The summed E-state index contributed by atoms with van der Waals surface area (Å²) in [6.07, 6.45) is 3.68. The number of hydrogen-bond donors (Lipinski definition) is 1. The average molecular weight is 529 g/mol. The smallest absolute Gasteiger partial charge is 0.200 e. The Morgan fingerprint density at radius 1 is 1.21 bits per heavy atom. The van der Waals surface area contributed by atoms with Gasteiger partial charge in [0.15, 0.2) is 11.6 Å². The van der Waals surface area contributed by atoms with Crippen molar-refractivity contribution in [2.24, 2.45) is 5.41 Å². The van der Waals surface area contributed by atoms with Crippen LogP contribution in [0.4, 0.5) is 8.78 Å². The SMILES string of the molecule is CC1(C)[C@H]2CC[C@]1(c1nc(C(=O)CCCO)ncc1Br)c1nnc(-c3c(F)cccc3F)cc12. The Labute approximate surface area is 204 Å². The second-order valence-electron chi connectivity index (χ2n) is 9.49. The highest BCUT2D eigenvalue weighted by molar-refractivity contribution is 9.10. The minimum absolute atomic E-state index is 0.0817. The first kappa shape index (κ1) is 23.1. The number of aliphatic hydroxyl groups excluding tert-OH is 1. The Bertz CT molecular complexity index is 1300. The lowest BCUT2D eigenvalue weighted by Crippen LogP contribution is -2.38. The number of ketones is 1. The fourth-order valence-electron chi connectivity index (χ4n) is 5.87. The van der Waals surface area contributed by atoms with Crippen molar-refractivity contribution in [1.82, 2.24) is 20.2 Å². The van der Waals surface area contributed by atoms with Gasteiger partial charge in [0.2, 0.25) is 0 Å². The zero-order valence-electron chi connectivity index (χ0n) is 18.8. The molecule has 0 saturated heterocycles. The predicted molar refractivity (Wildman–Crippen MR) is 124 cm³/mol. The molecule has 0 radical (unpaired) electrons. The maximum absolute atomic E-state index is 14.5. The molecule has 0 spiro atoms. The Kier molecular flexibility index (Phi) is 5.60. The minimum Gasteiger partial charge on any atom is -0.396 e. The van der Waals surface area contributed by atoms with E-state index in [1.807, 2.05) is 0 Å². The maximum atomic E-state index is 14.5. The van der Waals surface area contributed by atoms with Gasteiger partial charge in [-0.1, -0.05) is 19.9 Å². The summed E-state index contributed by atoms with van der Waals surface area (Å²) in [4.78, 5) is 21.5. The normalized spacial score (nSPS) is 22.1. The molecule has 2 bridgehead atoms. The highest BCUT2D eigenvalue weighted by Gasteiger charge is 2.65. The van der Waals surface area contributed by atoms with Crippen LogP contribution < -0.4 is 0 Å². The Morgan fingerprint density at radius 3 is 2.65 bits per heavy atom. The second kappa shape index (κ2) is 8.23. The van der Waals surface area contributed by atoms with Gasteiger partial charge in [-0.3, -0.25) is 4.79 Å². The van der Waals surface area contributed by atoms with E-state index in [9.17, 15) is 13.6 Å². The molecule has 0 unspecified atom stereocenters. The van der Waals surface area contributed by atoms with Gasteiger partial charge in [0.25, 0.3) is 0 Å². The lowest BCUT2D eigenvalue weighted by molar-refractivity contribution is 0.0960. The highest BCUT2D eigenvalue weighted by atomic mass is 79.9. The van der Waals surface area contributed by atoms with Crippen LogP contribution in [0.3, 0.4) is 0 Å². The van der Waals surface area contributed by atoms with E-state index in [-0.39, 0.29) is 47.2 Å². The molecule has 0 amide bonds. The molecule has 1 fully saturated rings. The number of aromatic nitrogens is 4. The number of carbonyl (C=O) groups is 1. The Morgan fingerprint density at radius 2 is 1.94 bits per heavy atom. The van der Waals surface area contributed by atoms with Crippen molar-refractivity contribution in [1.29, 1.82) is 0 Å². The number of benzene rings is 1. The predicted octanol–water partition coefficient (Wildman–Crippen LogP) is 5.13.